The fourth-order valence-corrected chi connectivity index (χ4v) is 3.16. The van der Waals surface area contributed by atoms with Gasteiger partial charge in [-0.05, 0) is 12.1 Å². The highest BCUT2D eigenvalue weighted by Gasteiger charge is 2.15. The number of rotatable bonds is 6. The van der Waals surface area contributed by atoms with Crippen LogP contribution in [0.5, 0.6) is 0 Å². The van der Waals surface area contributed by atoms with Gasteiger partial charge in [0.15, 0.2) is 10.1 Å². The lowest BCUT2D eigenvalue weighted by molar-refractivity contribution is 0.257. The van der Waals surface area contributed by atoms with Crippen molar-refractivity contribution in [2.75, 3.05) is 6.54 Å². The number of imidazole rings is 1. The second-order valence-electron chi connectivity index (χ2n) is 4.44. The Morgan fingerprint density at radius 1 is 1.50 bits per heavy atom. The van der Waals surface area contributed by atoms with Crippen molar-refractivity contribution >= 4 is 27.9 Å². The zero-order chi connectivity index (χ0) is 13.9. The lowest BCUT2D eigenvalue weighted by Gasteiger charge is -2.19. The SMILES string of the molecule is C=CCN(Cc1ccco1)Cc1c(Cl)nc2sccn12. The van der Waals surface area contributed by atoms with Gasteiger partial charge in [-0.15, -0.1) is 17.9 Å². The van der Waals surface area contributed by atoms with Crippen molar-refractivity contribution < 1.29 is 4.42 Å². The third-order valence-corrected chi connectivity index (χ3v) is 4.09. The van der Waals surface area contributed by atoms with Crippen LogP contribution in [0.2, 0.25) is 5.15 Å². The normalized spacial score (nSPS) is 11.5. The Bertz CT molecular complexity index is 701. The number of fused-ring (bicyclic) bond motifs is 1. The topological polar surface area (TPSA) is 33.7 Å². The molecule has 3 aromatic heterocycles. The highest BCUT2D eigenvalue weighted by molar-refractivity contribution is 7.15. The molecule has 0 unspecified atom stereocenters. The molecular formula is C14H14ClN3OS. The van der Waals surface area contributed by atoms with Gasteiger partial charge >= 0.3 is 0 Å². The van der Waals surface area contributed by atoms with Crippen LogP contribution in [0.15, 0.2) is 47.0 Å². The van der Waals surface area contributed by atoms with Crippen LogP contribution in [0.4, 0.5) is 0 Å². The molecule has 3 heterocycles. The largest absolute Gasteiger partial charge is 0.468 e. The summed E-state index contributed by atoms with van der Waals surface area (Å²) in [6, 6.07) is 3.86. The molecule has 20 heavy (non-hydrogen) atoms. The minimum Gasteiger partial charge on any atom is -0.468 e. The lowest BCUT2D eigenvalue weighted by atomic mass is 10.3. The Balaban J connectivity index is 1.83. The van der Waals surface area contributed by atoms with Crippen molar-refractivity contribution in [3.63, 3.8) is 0 Å². The number of hydrogen-bond donors (Lipinski definition) is 0. The van der Waals surface area contributed by atoms with Crippen LogP contribution in [0.25, 0.3) is 4.96 Å². The van der Waals surface area contributed by atoms with Crippen molar-refractivity contribution in [2.24, 2.45) is 0 Å². The van der Waals surface area contributed by atoms with Gasteiger partial charge in [-0.25, -0.2) is 4.98 Å². The van der Waals surface area contributed by atoms with Crippen LogP contribution in [-0.2, 0) is 13.1 Å². The van der Waals surface area contributed by atoms with E-state index in [9.17, 15) is 0 Å². The monoisotopic (exact) mass is 307 g/mol. The molecule has 0 aliphatic heterocycles. The number of aromatic nitrogens is 2. The molecule has 0 spiro atoms. The van der Waals surface area contributed by atoms with E-state index < -0.39 is 0 Å². The van der Waals surface area contributed by atoms with Crippen LogP contribution < -0.4 is 0 Å². The number of hydrogen-bond acceptors (Lipinski definition) is 4. The number of thiazole rings is 1. The van der Waals surface area contributed by atoms with Crippen molar-refractivity contribution in [1.29, 1.82) is 0 Å². The first-order valence-corrected chi connectivity index (χ1v) is 7.49. The van der Waals surface area contributed by atoms with E-state index in [1.165, 1.54) is 0 Å². The highest BCUT2D eigenvalue weighted by Crippen LogP contribution is 2.23. The summed E-state index contributed by atoms with van der Waals surface area (Å²) < 4.78 is 7.44. The van der Waals surface area contributed by atoms with E-state index >= 15 is 0 Å². The van der Waals surface area contributed by atoms with E-state index in [-0.39, 0.29) is 0 Å². The van der Waals surface area contributed by atoms with Gasteiger partial charge in [-0.3, -0.25) is 9.30 Å². The van der Waals surface area contributed by atoms with E-state index in [2.05, 4.69) is 16.5 Å². The van der Waals surface area contributed by atoms with Gasteiger partial charge in [0.25, 0.3) is 0 Å². The van der Waals surface area contributed by atoms with Gasteiger partial charge < -0.3 is 4.42 Å². The molecule has 6 heteroatoms. The minimum absolute atomic E-state index is 0.561. The molecule has 0 aliphatic rings. The Morgan fingerprint density at radius 2 is 2.40 bits per heavy atom. The molecule has 0 bridgehead atoms. The standard InChI is InChI=1S/C14H14ClN3OS/c1-2-5-17(9-11-4-3-7-19-11)10-12-13(15)16-14-18(12)6-8-20-14/h2-4,6-8H,1,5,9-10H2. The molecule has 0 fully saturated rings. The number of halogens is 1. The summed E-state index contributed by atoms with van der Waals surface area (Å²) in [5, 5.41) is 2.57. The Hall–Kier alpha value is -1.56. The van der Waals surface area contributed by atoms with E-state index in [0.717, 1.165) is 23.0 Å². The molecular weight excluding hydrogens is 294 g/mol. The fraction of sp³-hybridized carbons (Fsp3) is 0.214. The molecule has 0 aliphatic carbocycles. The van der Waals surface area contributed by atoms with Crippen molar-refractivity contribution in [3.05, 3.63) is 59.2 Å². The van der Waals surface area contributed by atoms with E-state index in [0.29, 0.717) is 18.2 Å². The molecule has 3 rings (SSSR count). The highest BCUT2D eigenvalue weighted by atomic mass is 35.5. The Labute approximate surface area is 125 Å². The third kappa shape index (κ3) is 2.65. The first-order valence-electron chi connectivity index (χ1n) is 6.23. The maximum absolute atomic E-state index is 6.23. The van der Waals surface area contributed by atoms with Gasteiger partial charge in [-0.1, -0.05) is 17.7 Å². The summed E-state index contributed by atoms with van der Waals surface area (Å²) >= 11 is 7.81. The van der Waals surface area contributed by atoms with Gasteiger partial charge in [-0.2, -0.15) is 0 Å². The van der Waals surface area contributed by atoms with Crippen molar-refractivity contribution in [3.8, 4) is 0 Å². The first-order chi connectivity index (χ1) is 9.78. The minimum atomic E-state index is 0.561. The zero-order valence-corrected chi connectivity index (χ0v) is 12.4. The zero-order valence-electron chi connectivity index (χ0n) is 10.8. The predicted molar refractivity (Wildman–Crippen MR) is 81.1 cm³/mol. The van der Waals surface area contributed by atoms with Gasteiger partial charge in [0.05, 0.1) is 18.5 Å². The summed E-state index contributed by atoms with van der Waals surface area (Å²) in [4.78, 5) is 7.48. The molecule has 0 radical (unpaired) electrons. The van der Waals surface area contributed by atoms with Crippen LogP contribution in [0.3, 0.4) is 0 Å². The molecule has 104 valence electrons. The molecule has 0 saturated heterocycles. The van der Waals surface area contributed by atoms with Crippen LogP contribution in [-0.4, -0.2) is 20.8 Å². The summed E-state index contributed by atoms with van der Waals surface area (Å²) in [5.41, 5.74) is 0.997. The van der Waals surface area contributed by atoms with Gasteiger partial charge in [0.1, 0.15) is 5.76 Å². The molecule has 0 aromatic carbocycles. The first kappa shape index (κ1) is 13.4. The smallest absolute Gasteiger partial charge is 0.195 e. The van der Waals surface area contributed by atoms with E-state index in [1.54, 1.807) is 17.6 Å². The van der Waals surface area contributed by atoms with Gasteiger partial charge in [0.2, 0.25) is 0 Å². The summed E-state index contributed by atoms with van der Waals surface area (Å²) in [6.07, 6.45) is 5.56. The molecule has 0 amide bonds. The second kappa shape index (κ2) is 5.83. The Kier molecular flexibility index (Phi) is 3.91. The molecule has 3 aromatic rings. The third-order valence-electron chi connectivity index (χ3n) is 3.03. The van der Waals surface area contributed by atoms with E-state index in [4.69, 9.17) is 16.0 Å². The van der Waals surface area contributed by atoms with Gasteiger partial charge in [0, 0.05) is 24.7 Å². The average Bonchev–Trinajstić information content (AvgIpc) is 3.11. The van der Waals surface area contributed by atoms with E-state index in [1.807, 2.05) is 34.2 Å². The van der Waals surface area contributed by atoms with Crippen LogP contribution in [0.1, 0.15) is 11.5 Å². The second-order valence-corrected chi connectivity index (χ2v) is 5.67. The fourth-order valence-electron chi connectivity index (χ4n) is 2.15. The Morgan fingerprint density at radius 3 is 3.15 bits per heavy atom. The van der Waals surface area contributed by atoms with Crippen molar-refractivity contribution in [1.82, 2.24) is 14.3 Å². The summed E-state index contributed by atoms with van der Waals surface area (Å²) in [5.74, 6) is 0.925. The molecule has 0 N–H and O–H groups in total. The van der Waals surface area contributed by atoms with Crippen LogP contribution in [0, 0.1) is 0 Å². The van der Waals surface area contributed by atoms with Crippen molar-refractivity contribution in [2.45, 2.75) is 13.1 Å². The maximum Gasteiger partial charge on any atom is 0.195 e. The molecule has 4 nitrogen and oxygen atoms in total. The lowest BCUT2D eigenvalue weighted by Crippen LogP contribution is -2.23. The maximum atomic E-state index is 6.23. The molecule has 0 atom stereocenters. The average molecular weight is 308 g/mol. The summed E-state index contributed by atoms with van der Waals surface area (Å²) in [7, 11) is 0. The van der Waals surface area contributed by atoms with Crippen LogP contribution >= 0.6 is 22.9 Å². The molecule has 0 saturated carbocycles. The summed E-state index contributed by atoms with van der Waals surface area (Å²) in [6.45, 7) is 5.98. The predicted octanol–water partition coefficient (Wildman–Crippen LogP) is 3.83. The number of nitrogens with zero attached hydrogens (tertiary/aromatic N) is 3. The quantitative estimate of drug-likeness (QED) is 0.649. The number of furan rings is 1.